The number of hydrogen-bond donors (Lipinski definition) is 0. The molecule has 0 nitrogen and oxygen atoms in total. The second-order valence-electron chi connectivity index (χ2n) is 6.89. The molecule has 1 aliphatic rings. The Hall–Kier alpha value is -1.56. The minimum Gasteiger partial charge on any atom is -0.0683 e. The highest BCUT2D eigenvalue weighted by molar-refractivity contribution is 5.63. The van der Waals surface area contributed by atoms with Crippen LogP contribution in [0.2, 0.25) is 0 Å². The van der Waals surface area contributed by atoms with Crippen molar-refractivity contribution in [1.29, 1.82) is 0 Å². The van der Waals surface area contributed by atoms with Crippen LogP contribution in [0, 0.1) is 18.8 Å². The van der Waals surface area contributed by atoms with Crippen LogP contribution >= 0.6 is 0 Å². The molecule has 138 valence electrons. The van der Waals surface area contributed by atoms with Gasteiger partial charge in [0.25, 0.3) is 0 Å². The van der Waals surface area contributed by atoms with Crippen molar-refractivity contribution < 1.29 is 0 Å². The molecule has 1 aliphatic carbocycles. The standard InChI is InChI=1S/C21H26.2C2H6/c1-16-3-7-18(8-4-16)15-19-9-13-21(14-10-19)20-11-5-17(2)6-12-20;2*1-2/h5-6,9-14,16,18H,3-4,7-8,15H2,1-2H3;2*1-2H3. The van der Waals surface area contributed by atoms with Crippen molar-refractivity contribution in [2.24, 2.45) is 11.8 Å². The summed E-state index contributed by atoms with van der Waals surface area (Å²) in [6.07, 6.45) is 6.95. The molecule has 0 N–H and O–H groups in total. The molecule has 2 aromatic carbocycles. The highest BCUT2D eigenvalue weighted by Gasteiger charge is 2.18. The lowest BCUT2D eigenvalue weighted by Gasteiger charge is -2.26. The Labute approximate surface area is 156 Å². The van der Waals surface area contributed by atoms with Gasteiger partial charge in [0.15, 0.2) is 0 Å². The lowest BCUT2D eigenvalue weighted by molar-refractivity contribution is 0.289. The van der Waals surface area contributed by atoms with E-state index in [4.69, 9.17) is 0 Å². The van der Waals surface area contributed by atoms with Crippen molar-refractivity contribution >= 4 is 0 Å². The smallest absolute Gasteiger partial charge is 0.0184 e. The number of hydrogen-bond acceptors (Lipinski definition) is 0. The lowest BCUT2D eigenvalue weighted by Crippen LogP contribution is -2.14. The van der Waals surface area contributed by atoms with Crippen molar-refractivity contribution in [1.82, 2.24) is 0 Å². The van der Waals surface area contributed by atoms with E-state index in [2.05, 4.69) is 62.4 Å². The van der Waals surface area contributed by atoms with Gasteiger partial charge in [0.05, 0.1) is 0 Å². The minimum absolute atomic E-state index is 0.909. The average molecular weight is 339 g/mol. The van der Waals surface area contributed by atoms with Crippen molar-refractivity contribution in [3.05, 3.63) is 59.7 Å². The lowest BCUT2D eigenvalue weighted by atomic mass is 9.80. The number of benzene rings is 2. The second-order valence-corrected chi connectivity index (χ2v) is 6.89. The Kier molecular flexibility index (Phi) is 10.2. The molecule has 0 heteroatoms. The summed E-state index contributed by atoms with van der Waals surface area (Å²) in [6.45, 7) is 12.5. The molecule has 0 radical (unpaired) electrons. The largest absolute Gasteiger partial charge is 0.0683 e. The van der Waals surface area contributed by atoms with E-state index >= 15 is 0 Å². The fraction of sp³-hybridized carbons (Fsp3) is 0.520. The van der Waals surface area contributed by atoms with Gasteiger partial charge < -0.3 is 0 Å². The second kappa shape index (κ2) is 11.9. The van der Waals surface area contributed by atoms with Crippen LogP contribution in [-0.4, -0.2) is 0 Å². The summed E-state index contributed by atoms with van der Waals surface area (Å²) < 4.78 is 0. The zero-order valence-corrected chi connectivity index (χ0v) is 17.3. The first-order valence-electron chi connectivity index (χ1n) is 10.4. The van der Waals surface area contributed by atoms with Gasteiger partial charge in [0, 0.05) is 0 Å². The molecule has 0 saturated heterocycles. The molecule has 1 fully saturated rings. The summed E-state index contributed by atoms with van der Waals surface area (Å²) >= 11 is 0. The number of rotatable bonds is 3. The van der Waals surface area contributed by atoms with E-state index < -0.39 is 0 Å². The van der Waals surface area contributed by atoms with E-state index in [1.165, 1.54) is 54.4 Å². The molecule has 0 bridgehead atoms. The van der Waals surface area contributed by atoms with Crippen LogP contribution in [0.5, 0.6) is 0 Å². The van der Waals surface area contributed by atoms with E-state index in [1.54, 1.807) is 0 Å². The van der Waals surface area contributed by atoms with Gasteiger partial charge in [0.1, 0.15) is 0 Å². The highest BCUT2D eigenvalue weighted by atomic mass is 14.2. The van der Waals surface area contributed by atoms with Gasteiger partial charge in [-0.15, -0.1) is 0 Å². The van der Waals surface area contributed by atoms with Gasteiger partial charge in [-0.25, -0.2) is 0 Å². The fourth-order valence-electron chi connectivity index (χ4n) is 3.45. The molecule has 3 rings (SSSR count). The summed E-state index contributed by atoms with van der Waals surface area (Å²) in [5.74, 6) is 1.86. The highest BCUT2D eigenvalue weighted by Crippen LogP contribution is 2.31. The predicted molar refractivity (Wildman–Crippen MR) is 114 cm³/mol. The topological polar surface area (TPSA) is 0 Å². The number of aryl methyl sites for hydroxylation is 1. The third-order valence-electron chi connectivity index (χ3n) is 5.00. The fourth-order valence-corrected chi connectivity index (χ4v) is 3.45. The molecular formula is C25H38. The van der Waals surface area contributed by atoms with E-state index in [1.807, 2.05) is 27.7 Å². The maximum absolute atomic E-state index is 2.40. The van der Waals surface area contributed by atoms with Crippen LogP contribution in [0.4, 0.5) is 0 Å². The maximum Gasteiger partial charge on any atom is -0.0184 e. The normalized spacial score (nSPS) is 19.1. The van der Waals surface area contributed by atoms with Crippen molar-refractivity contribution in [3.63, 3.8) is 0 Å². The molecule has 0 heterocycles. The average Bonchev–Trinajstić information content (AvgIpc) is 2.68. The van der Waals surface area contributed by atoms with Gasteiger partial charge in [-0.3, -0.25) is 0 Å². The zero-order valence-electron chi connectivity index (χ0n) is 17.3. The first kappa shape index (κ1) is 21.5. The quantitative estimate of drug-likeness (QED) is 0.530. The van der Waals surface area contributed by atoms with Crippen molar-refractivity contribution in [2.45, 2.75) is 73.6 Å². The van der Waals surface area contributed by atoms with Crippen molar-refractivity contribution in [2.75, 3.05) is 0 Å². The Balaban J connectivity index is 0.000000730. The molecule has 0 aliphatic heterocycles. The van der Waals surface area contributed by atoms with E-state index in [0.717, 1.165) is 11.8 Å². The summed E-state index contributed by atoms with van der Waals surface area (Å²) in [5.41, 5.74) is 5.47. The SMILES string of the molecule is CC.CC.Cc1ccc(-c2ccc(CC3CCC(C)CC3)cc2)cc1. The Morgan fingerprint density at radius 1 is 0.680 bits per heavy atom. The Bertz CT molecular complexity index is 554. The molecule has 0 spiro atoms. The zero-order chi connectivity index (χ0) is 18.7. The predicted octanol–water partition coefficient (Wildman–Crippen LogP) is 8.08. The Morgan fingerprint density at radius 2 is 1.12 bits per heavy atom. The van der Waals surface area contributed by atoms with Gasteiger partial charge in [-0.1, -0.05) is 102 Å². The minimum atomic E-state index is 0.909. The van der Waals surface area contributed by atoms with E-state index in [0.29, 0.717) is 0 Å². The summed E-state index contributed by atoms with van der Waals surface area (Å²) in [7, 11) is 0. The van der Waals surface area contributed by atoms with Crippen LogP contribution in [0.25, 0.3) is 11.1 Å². The van der Waals surface area contributed by atoms with Gasteiger partial charge in [-0.2, -0.15) is 0 Å². The van der Waals surface area contributed by atoms with Gasteiger partial charge in [-0.05, 0) is 54.7 Å². The molecule has 0 atom stereocenters. The molecule has 0 amide bonds. The monoisotopic (exact) mass is 338 g/mol. The third kappa shape index (κ3) is 7.06. The molecular weight excluding hydrogens is 300 g/mol. The first-order valence-corrected chi connectivity index (χ1v) is 10.4. The van der Waals surface area contributed by atoms with Crippen LogP contribution in [0.15, 0.2) is 48.5 Å². The van der Waals surface area contributed by atoms with Crippen LogP contribution in [-0.2, 0) is 6.42 Å². The van der Waals surface area contributed by atoms with Gasteiger partial charge in [0.2, 0.25) is 0 Å². The van der Waals surface area contributed by atoms with Crippen LogP contribution in [0.1, 0.15) is 71.4 Å². The van der Waals surface area contributed by atoms with Gasteiger partial charge >= 0.3 is 0 Å². The van der Waals surface area contributed by atoms with Crippen molar-refractivity contribution in [3.8, 4) is 11.1 Å². The molecule has 2 aromatic rings. The summed E-state index contributed by atoms with van der Waals surface area (Å²) in [5, 5.41) is 0. The van der Waals surface area contributed by atoms with Crippen LogP contribution in [0.3, 0.4) is 0 Å². The maximum atomic E-state index is 2.40. The molecule has 25 heavy (non-hydrogen) atoms. The molecule has 1 saturated carbocycles. The van der Waals surface area contributed by atoms with E-state index in [9.17, 15) is 0 Å². The Morgan fingerprint density at radius 3 is 1.60 bits per heavy atom. The van der Waals surface area contributed by atoms with Crippen LogP contribution < -0.4 is 0 Å². The molecule has 0 aromatic heterocycles. The first-order chi connectivity index (χ1) is 12.2. The molecule has 0 unspecified atom stereocenters. The summed E-state index contributed by atoms with van der Waals surface area (Å²) in [6, 6.07) is 18.0. The summed E-state index contributed by atoms with van der Waals surface area (Å²) in [4.78, 5) is 0. The van der Waals surface area contributed by atoms with E-state index in [-0.39, 0.29) is 0 Å². The third-order valence-corrected chi connectivity index (χ3v) is 5.00.